The lowest BCUT2D eigenvalue weighted by atomic mass is 10.1. The Kier molecular flexibility index (Phi) is 6.19. The molecule has 6 nitrogen and oxygen atoms in total. The van der Waals surface area contributed by atoms with Crippen molar-refractivity contribution in [2.24, 2.45) is 0 Å². The van der Waals surface area contributed by atoms with Crippen molar-refractivity contribution in [1.29, 1.82) is 0 Å². The Morgan fingerprint density at radius 2 is 1.82 bits per heavy atom. The van der Waals surface area contributed by atoms with Crippen LogP contribution in [0.3, 0.4) is 0 Å². The molecule has 0 saturated heterocycles. The van der Waals surface area contributed by atoms with Gasteiger partial charge in [0.2, 0.25) is 0 Å². The van der Waals surface area contributed by atoms with E-state index in [1.807, 2.05) is 36.4 Å². The molecule has 2 aromatic rings. The zero-order valence-corrected chi connectivity index (χ0v) is 16.4. The summed E-state index contributed by atoms with van der Waals surface area (Å²) in [4.78, 5) is 26.6. The molecule has 148 valence electrons. The smallest absolute Gasteiger partial charge is 0.306 e. The fraction of sp³-hybridized carbons (Fsp3) is 0.364. The lowest BCUT2D eigenvalue weighted by molar-refractivity contribution is -0.153. The third-order valence-electron chi connectivity index (χ3n) is 4.87. The molecule has 0 bridgehead atoms. The van der Waals surface area contributed by atoms with Gasteiger partial charge in [-0.25, -0.2) is 0 Å². The van der Waals surface area contributed by atoms with E-state index in [0.29, 0.717) is 24.5 Å². The van der Waals surface area contributed by atoms with E-state index >= 15 is 0 Å². The zero-order valence-electron chi connectivity index (χ0n) is 16.4. The number of benzene rings is 2. The van der Waals surface area contributed by atoms with Gasteiger partial charge in [0.15, 0.2) is 17.6 Å². The van der Waals surface area contributed by atoms with E-state index in [-0.39, 0.29) is 12.3 Å². The highest BCUT2D eigenvalue weighted by atomic mass is 16.5. The molecule has 1 atom stereocenters. The number of amides is 1. The van der Waals surface area contributed by atoms with Gasteiger partial charge in [-0.2, -0.15) is 0 Å². The molecule has 0 aliphatic carbocycles. The summed E-state index contributed by atoms with van der Waals surface area (Å²) in [5, 5.41) is 0. The van der Waals surface area contributed by atoms with Gasteiger partial charge in [0, 0.05) is 18.7 Å². The van der Waals surface area contributed by atoms with Crippen LogP contribution >= 0.6 is 0 Å². The van der Waals surface area contributed by atoms with Crippen LogP contribution in [0.15, 0.2) is 42.5 Å². The van der Waals surface area contributed by atoms with Gasteiger partial charge in [-0.05, 0) is 49.1 Å². The summed E-state index contributed by atoms with van der Waals surface area (Å²) in [7, 11) is 3.14. The van der Waals surface area contributed by atoms with E-state index in [1.54, 1.807) is 32.1 Å². The molecule has 1 heterocycles. The number of fused-ring (bicyclic) bond motifs is 1. The Labute approximate surface area is 165 Å². The number of hydrogen-bond donors (Lipinski definition) is 0. The average Bonchev–Trinajstić information content (AvgIpc) is 3.15. The molecule has 6 heteroatoms. The third-order valence-corrected chi connectivity index (χ3v) is 4.87. The Balaban J connectivity index is 1.54. The van der Waals surface area contributed by atoms with Crippen LogP contribution < -0.4 is 14.4 Å². The van der Waals surface area contributed by atoms with Crippen molar-refractivity contribution >= 4 is 17.6 Å². The minimum absolute atomic E-state index is 0.184. The number of rotatable bonds is 7. The number of ether oxygens (including phenoxy) is 3. The van der Waals surface area contributed by atoms with Gasteiger partial charge >= 0.3 is 5.97 Å². The quantitative estimate of drug-likeness (QED) is 0.687. The molecule has 1 amide bonds. The molecule has 28 heavy (non-hydrogen) atoms. The molecule has 0 radical (unpaired) electrons. The van der Waals surface area contributed by atoms with Gasteiger partial charge in [-0.3, -0.25) is 9.59 Å². The predicted octanol–water partition coefficient (Wildman–Crippen LogP) is 3.16. The minimum Gasteiger partial charge on any atom is -0.493 e. The van der Waals surface area contributed by atoms with Crippen LogP contribution in [0.2, 0.25) is 0 Å². The molecule has 0 aromatic heterocycles. The van der Waals surface area contributed by atoms with Crippen LogP contribution in [-0.2, 0) is 27.2 Å². The van der Waals surface area contributed by atoms with Crippen LogP contribution in [0.25, 0.3) is 0 Å². The molecule has 0 N–H and O–H groups in total. The van der Waals surface area contributed by atoms with E-state index in [2.05, 4.69) is 0 Å². The average molecular weight is 383 g/mol. The largest absolute Gasteiger partial charge is 0.493 e. The van der Waals surface area contributed by atoms with Gasteiger partial charge in [-0.15, -0.1) is 0 Å². The van der Waals surface area contributed by atoms with Crippen LogP contribution in [-0.4, -0.2) is 38.7 Å². The molecule has 0 spiro atoms. The molecule has 2 aromatic carbocycles. The first-order chi connectivity index (χ1) is 13.5. The molecule has 0 fully saturated rings. The van der Waals surface area contributed by atoms with Crippen molar-refractivity contribution in [1.82, 2.24) is 0 Å². The van der Waals surface area contributed by atoms with E-state index in [9.17, 15) is 9.59 Å². The van der Waals surface area contributed by atoms with Gasteiger partial charge in [0.25, 0.3) is 5.91 Å². The van der Waals surface area contributed by atoms with E-state index in [1.165, 1.54) is 0 Å². The second kappa shape index (κ2) is 8.78. The van der Waals surface area contributed by atoms with Crippen LogP contribution in [0.1, 0.15) is 24.5 Å². The lowest BCUT2D eigenvalue weighted by Gasteiger charge is -2.21. The zero-order chi connectivity index (χ0) is 20.1. The third kappa shape index (κ3) is 4.27. The molecular weight excluding hydrogens is 358 g/mol. The van der Waals surface area contributed by atoms with E-state index in [4.69, 9.17) is 14.2 Å². The number of methoxy groups -OCH3 is 2. The van der Waals surface area contributed by atoms with Crippen molar-refractivity contribution in [2.75, 3.05) is 25.7 Å². The number of aryl methyl sites for hydroxylation is 1. The summed E-state index contributed by atoms with van der Waals surface area (Å²) in [5.41, 5.74) is 2.98. The Morgan fingerprint density at radius 1 is 1.07 bits per heavy atom. The molecule has 1 aliphatic rings. The van der Waals surface area contributed by atoms with Gasteiger partial charge in [-0.1, -0.05) is 24.3 Å². The van der Waals surface area contributed by atoms with Gasteiger partial charge in [0.1, 0.15) is 0 Å². The number of carbonyl (C=O) groups excluding carboxylic acids is 2. The second-order valence-corrected chi connectivity index (χ2v) is 6.69. The maximum Gasteiger partial charge on any atom is 0.306 e. The number of carbonyl (C=O) groups is 2. The second-order valence-electron chi connectivity index (χ2n) is 6.69. The first kappa shape index (κ1) is 19.7. The molecule has 0 saturated carbocycles. The van der Waals surface area contributed by atoms with E-state index in [0.717, 1.165) is 23.2 Å². The first-order valence-corrected chi connectivity index (χ1v) is 9.33. The lowest BCUT2D eigenvalue weighted by Crippen LogP contribution is -2.39. The van der Waals surface area contributed by atoms with Crippen LogP contribution in [0, 0.1) is 0 Å². The summed E-state index contributed by atoms with van der Waals surface area (Å²) >= 11 is 0. The normalized spacial score (nSPS) is 13.6. The summed E-state index contributed by atoms with van der Waals surface area (Å²) in [6, 6.07) is 13.3. The number of para-hydroxylation sites is 1. The van der Waals surface area contributed by atoms with Crippen molar-refractivity contribution < 1.29 is 23.8 Å². The maximum atomic E-state index is 12.7. The fourth-order valence-corrected chi connectivity index (χ4v) is 3.38. The highest BCUT2D eigenvalue weighted by molar-refractivity contribution is 5.99. The summed E-state index contributed by atoms with van der Waals surface area (Å²) in [6.45, 7) is 2.24. The standard InChI is InChI=1S/C22H25NO5/c1-15(22(25)23-13-12-17-6-4-5-7-18(17)23)28-21(24)11-9-16-8-10-19(26-2)20(14-16)27-3/h4-8,10,14-15H,9,11-13H2,1-3H3/t15-/m0/s1. The molecule has 0 unspecified atom stereocenters. The molecular formula is C22H25NO5. The fourth-order valence-electron chi connectivity index (χ4n) is 3.38. The predicted molar refractivity (Wildman–Crippen MR) is 106 cm³/mol. The van der Waals surface area contributed by atoms with E-state index < -0.39 is 12.1 Å². The SMILES string of the molecule is COc1ccc(CCC(=O)O[C@@H](C)C(=O)N2CCc3ccccc32)cc1OC. The van der Waals surface area contributed by atoms with Crippen LogP contribution in [0.5, 0.6) is 11.5 Å². The number of anilines is 1. The first-order valence-electron chi connectivity index (χ1n) is 9.33. The number of hydrogen-bond acceptors (Lipinski definition) is 5. The molecule has 3 rings (SSSR count). The maximum absolute atomic E-state index is 12.7. The topological polar surface area (TPSA) is 65.1 Å². The Bertz CT molecular complexity index is 864. The van der Waals surface area contributed by atoms with Crippen molar-refractivity contribution in [3.63, 3.8) is 0 Å². The summed E-state index contributed by atoms with van der Waals surface area (Å²) in [5.74, 6) is 0.663. The number of esters is 1. The van der Waals surface area contributed by atoms with Crippen molar-refractivity contribution in [3.05, 3.63) is 53.6 Å². The Hall–Kier alpha value is -3.02. The van der Waals surface area contributed by atoms with Gasteiger partial charge in [0.05, 0.1) is 14.2 Å². The van der Waals surface area contributed by atoms with Gasteiger partial charge < -0.3 is 19.1 Å². The van der Waals surface area contributed by atoms with Crippen molar-refractivity contribution in [3.8, 4) is 11.5 Å². The number of nitrogens with zero attached hydrogens (tertiary/aromatic N) is 1. The summed E-state index contributed by atoms with van der Waals surface area (Å²) in [6.07, 6.45) is 0.683. The highest BCUT2D eigenvalue weighted by Gasteiger charge is 2.29. The molecule has 1 aliphatic heterocycles. The summed E-state index contributed by atoms with van der Waals surface area (Å²) < 4.78 is 15.9. The minimum atomic E-state index is -0.816. The highest BCUT2D eigenvalue weighted by Crippen LogP contribution is 2.29. The Morgan fingerprint density at radius 3 is 2.57 bits per heavy atom. The van der Waals surface area contributed by atoms with Crippen LogP contribution in [0.4, 0.5) is 5.69 Å². The van der Waals surface area contributed by atoms with Crippen molar-refractivity contribution in [2.45, 2.75) is 32.3 Å². The monoisotopic (exact) mass is 383 g/mol.